The fraction of sp³-hybridized carbons (Fsp3) is 0.286. The normalized spacial score (nSPS) is 17.7. The SMILES string of the molecule is CCN1c2c(oc(C(=O)OC)c2C(=O)OC)-c2cocc2[C@H](O)[C@@H]1c1ccccn1. The lowest BCUT2D eigenvalue weighted by Gasteiger charge is -2.33. The van der Waals surface area contributed by atoms with Crippen LogP contribution in [0.1, 0.15) is 51.2 Å². The molecule has 0 amide bonds. The third-order valence-corrected chi connectivity index (χ3v) is 5.15. The second-order valence-electron chi connectivity index (χ2n) is 6.64. The van der Waals surface area contributed by atoms with E-state index in [-0.39, 0.29) is 17.1 Å². The van der Waals surface area contributed by atoms with Gasteiger partial charge in [0.15, 0.2) is 5.76 Å². The zero-order chi connectivity index (χ0) is 21.4. The maximum Gasteiger partial charge on any atom is 0.374 e. The summed E-state index contributed by atoms with van der Waals surface area (Å²) in [5.74, 6) is -1.66. The Balaban J connectivity index is 2.07. The lowest BCUT2D eigenvalue weighted by Crippen LogP contribution is -2.33. The van der Waals surface area contributed by atoms with Crippen LogP contribution >= 0.6 is 0 Å². The van der Waals surface area contributed by atoms with E-state index in [1.165, 1.54) is 26.7 Å². The Morgan fingerprint density at radius 2 is 1.97 bits per heavy atom. The molecule has 1 N–H and O–H groups in total. The van der Waals surface area contributed by atoms with E-state index >= 15 is 0 Å². The van der Waals surface area contributed by atoms with Crippen LogP contribution in [0.2, 0.25) is 0 Å². The number of esters is 2. The summed E-state index contributed by atoms with van der Waals surface area (Å²) < 4.78 is 20.9. The molecule has 3 aromatic rings. The number of likely N-dealkylation sites (N-methyl/N-ethyl adjacent to an activating group) is 1. The predicted octanol–water partition coefficient (Wildman–Crippen LogP) is 3.12. The summed E-state index contributed by atoms with van der Waals surface area (Å²) in [6.45, 7) is 2.23. The van der Waals surface area contributed by atoms with Crippen LogP contribution in [0.25, 0.3) is 11.3 Å². The van der Waals surface area contributed by atoms with Crippen molar-refractivity contribution in [2.75, 3.05) is 25.7 Å². The fourth-order valence-corrected chi connectivity index (χ4v) is 3.83. The minimum atomic E-state index is -1.04. The van der Waals surface area contributed by atoms with Crippen LogP contribution in [-0.4, -0.2) is 42.8 Å². The Kier molecular flexibility index (Phi) is 5.04. The first kappa shape index (κ1) is 19.7. The average molecular weight is 412 g/mol. The van der Waals surface area contributed by atoms with E-state index in [0.29, 0.717) is 29.1 Å². The first-order valence-electron chi connectivity index (χ1n) is 9.28. The third-order valence-electron chi connectivity index (χ3n) is 5.15. The van der Waals surface area contributed by atoms with Crippen molar-refractivity contribution in [3.05, 3.63) is 59.5 Å². The minimum absolute atomic E-state index is 0.0802. The summed E-state index contributed by atoms with van der Waals surface area (Å²) in [4.78, 5) is 31.3. The maximum atomic E-state index is 12.7. The van der Waals surface area contributed by atoms with Gasteiger partial charge in [-0.3, -0.25) is 4.98 Å². The first-order chi connectivity index (χ1) is 14.5. The molecule has 156 valence electrons. The molecule has 0 radical (unpaired) electrons. The molecular weight excluding hydrogens is 392 g/mol. The average Bonchev–Trinajstić information content (AvgIpc) is 3.39. The molecule has 0 spiro atoms. The molecule has 0 saturated heterocycles. The molecule has 1 aliphatic rings. The second kappa shape index (κ2) is 7.68. The number of ether oxygens (including phenoxy) is 2. The number of aromatic nitrogens is 1. The van der Waals surface area contributed by atoms with E-state index < -0.39 is 24.1 Å². The van der Waals surface area contributed by atoms with E-state index in [0.717, 1.165) is 0 Å². The Bertz CT molecular complexity index is 1090. The van der Waals surface area contributed by atoms with Crippen LogP contribution in [0.3, 0.4) is 0 Å². The number of furan rings is 2. The summed E-state index contributed by atoms with van der Waals surface area (Å²) in [5, 5.41) is 11.3. The van der Waals surface area contributed by atoms with Crippen LogP contribution < -0.4 is 4.90 Å². The number of methoxy groups -OCH3 is 2. The first-order valence-corrected chi connectivity index (χ1v) is 9.28. The molecule has 0 aromatic carbocycles. The van der Waals surface area contributed by atoms with Crippen molar-refractivity contribution in [1.29, 1.82) is 0 Å². The Labute approximate surface area is 171 Å². The number of aliphatic hydroxyl groups is 1. The van der Waals surface area contributed by atoms with Gasteiger partial charge < -0.3 is 28.3 Å². The van der Waals surface area contributed by atoms with Gasteiger partial charge in [0.2, 0.25) is 5.76 Å². The van der Waals surface area contributed by atoms with E-state index in [1.807, 2.05) is 6.92 Å². The van der Waals surface area contributed by atoms with Gasteiger partial charge >= 0.3 is 11.9 Å². The fourth-order valence-electron chi connectivity index (χ4n) is 3.83. The monoisotopic (exact) mass is 412 g/mol. The molecule has 2 atom stereocenters. The Morgan fingerprint density at radius 1 is 1.20 bits per heavy atom. The number of carbonyl (C=O) groups is 2. The largest absolute Gasteiger partial charge is 0.471 e. The molecule has 0 aliphatic carbocycles. The van der Waals surface area contributed by atoms with E-state index in [4.69, 9.17) is 18.3 Å². The molecule has 9 heteroatoms. The predicted molar refractivity (Wildman–Crippen MR) is 104 cm³/mol. The molecule has 1 aliphatic heterocycles. The van der Waals surface area contributed by atoms with Crippen molar-refractivity contribution in [3.8, 4) is 11.3 Å². The van der Waals surface area contributed by atoms with Gasteiger partial charge in [-0.05, 0) is 19.1 Å². The molecule has 9 nitrogen and oxygen atoms in total. The number of nitrogens with zero attached hydrogens (tertiary/aromatic N) is 2. The van der Waals surface area contributed by atoms with Crippen molar-refractivity contribution in [2.45, 2.75) is 19.1 Å². The summed E-state index contributed by atoms with van der Waals surface area (Å²) >= 11 is 0. The highest BCUT2D eigenvalue weighted by molar-refractivity contribution is 6.09. The summed E-state index contributed by atoms with van der Waals surface area (Å²) in [6.07, 6.45) is 3.40. The smallest absolute Gasteiger partial charge is 0.374 e. The highest BCUT2D eigenvalue weighted by atomic mass is 16.5. The number of carbonyl (C=O) groups excluding carboxylic acids is 2. The Hall–Kier alpha value is -3.59. The molecule has 30 heavy (non-hydrogen) atoms. The van der Waals surface area contributed by atoms with Gasteiger partial charge in [0, 0.05) is 18.3 Å². The minimum Gasteiger partial charge on any atom is -0.471 e. The van der Waals surface area contributed by atoms with Crippen LogP contribution in [0.5, 0.6) is 0 Å². The molecule has 0 fully saturated rings. The summed E-state index contributed by atoms with van der Waals surface area (Å²) in [7, 11) is 2.41. The number of hydrogen-bond donors (Lipinski definition) is 1. The van der Waals surface area contributed by atoms with Crippen LogP contribution in [-0.2, 0) is 9.47 Å². The lowest BCUT2D eigenvalue weighted by molar-refractivity contribution is 0.0529. The zero-order valence-electron chi connectivity index (χ0n) is 16.6. The third kappa shape index (κ3) is 2.86. The van der Waals surface area contributed by atoms with Gasteiger partial charge in [-0.2, -0.15) is 0 Å². The number of aliphatic hydroxyl groups excluding tert-OH is 1. The summed E-state index contributed by atoms with van der Waals surface area (Å²) in [5.41, 5.74) is 1.67. The molecular formula is C21H20N2O7. The topological polar surface area (TPSA) is 115 Å². The van der Waals surface area contributed by atoms with Gasteiger partial charge in [0.05, 0.1) is 31.7 Å². The van der Waals surface area contributed by atoms with Crippen molar-refractivity contribution in [1.82, 2.24) is 4.98 Å². The van der Waals surface area contributed by atoms with Gasteiger partial charge in [-0.15, -0.1) is 0 Å². The van der Waals surface area contributed by atoms with Crippen molar-refractivity contribution in [3.63, 3.8) is 0 Å². The second-order valence-corrected chi connectivity index (χ2v) is 6.64. The lowest BCUT2D eigenvalue weighted by atomic mass is 9.98. The van der Waals surface area contributed by atoms with Crippen LogP contribution in [0, 0.1) is 0 Å². The van der Waals surface area contributed by atoms with Crippen molar-refractivity contribution < 1.29 is 33.0 Å². The van der Waals surface area contributed by atoms with Gasteiger partial charge in [0.1, 0.15) is 29.7 Å². The van der Waals surface area contributed by atoms with Crippen LogP contribution in [0.4, 0.5) is 5.69 Å². The van der Waals surface area contributed by atoms with Gasteiger partial charge in [0.25, 0.3) is 0 Å². The molecule has 4 heterocycles. The maximum absolute atomic E-state index is 12.7. The molecule has 3 aromatic heterocycles. The molecule has 0 saturated carbocycles. The molecule has 0 unspecified atom stereocenters. The van der Waals surface area contributed by atoms with E-state index in [9.17, 15) is 14.7 Å². The van der Waals surface area contributed by atoms with Crippen molar-refractivity contribution >= 4 is 17.6 Å². The highest BCUT2D eigenvalue weighted by Gasteiger charge is 2.43. The van der Waals surface area contributed by atoms with Gasteiger partial charge in [-0.25, -0.2) is 9.59 Å². The molecule has 0 bridgehead atoms. The van der Waals surface area contributed by atoms with Crippen LogP contribution in [0.15, 0.2) is 45.8 Å². The zero-order valence-corrected chi connectivity index (χ0v) is 16.6. The quantitative estimate of drug-likeness (QED) is 0.645. The Morgan fingerprint density at radius 3 is 2.60 bits per heavy atom. The highest BCUT2D eigenvalue weighted by Crippen LogP contribution is 2.51. The van der Waals surface area contributed by atoms with Crippen molar-refractivity contribution in [2.24, 2.45) is 0 Å². The number of pyridine rings is 1. The standard InChI is InChI=1S/C21H20N2O7/c1-4-23-15(13-7-5-6-8-22-13)17(24)11-9-29-10-12(11)18-16(23)14(20(25)27-2)19(30-18)21(26)28-3/h5-10,15,17,24H,4H2,1-3H3/t15-,17-/m0/s1. The molecule has 4 rings (SSSR count). The number of hydrogen-bond acceptors (Lipinski definition) is 9. The number of anilines is 1. The van der Waals surface area contributed by atoms with E-state index in [1.54, 1.807) is 29.3 Å². The van der Waals surface area contributed by atoms with E-state index in [2.05, 4.69) is 4.98 Å². The number of rotatable bonds is 4. The number of fused-ring (bicyclic) bond motifs is 3. The van der Waals surface area contributed by atoms with Gasteiger partial charge in [-0.1, -0.05) is 6.07 Å². The summed E-state index contributed by atoms with van der Waals surface area (Å²) in [6, 6.07) is 4.67.